The van der Waals surface area contributed by atoms with E-state index in [1.807, 2.05) is 0 Å². The average molecular weight is 368 g/mol. The minimum atomic E-state index is -3.57. The van der Waals surface area contributed by atoms with Crippen molar-refractivity contribution in [2.45, 2.75) is 11.4 Å². The molecule has 2 rings (SSSR count). The van der Waals surface area contributed by atoms with E-state index >= 15 is 0 Å². The molecule has 0 radical (unpaired) electrons. The molecule has 2 aromatic rings. The number of carbonyl (C=O) groups excluding carboxylic acids is 1. The number of halogens is 2. The summed E-state index contributed by atoms with van der Waals surface area (Å²) in [7, 11) is 0.739. The van der Waals surface area contributed by atoms with Gasteiger partial charge in [-0.2, -0.15) is 0 Å². The largest absolute Gasteiger partial charge is 0.337 e. The molecule has 134 valence electrons. The van der Waals surface area contributed by atoms with E-state index in [2.05, 4.69) is 0 Å². The maximum Gasteiger partial charge on any atom is 0.253 e. The van der Waals surface area contributed by atoms with Crippen molar-refractivity contribution in [3.63, 3.8) is 0 Å². The van der Waals surface area contributed by atoms with E-state index in [1.54, 1.807) is 0 Å². The molecule has 1 amide bonds. The molecule has 0 N–H and O–H groups in total. The van der Waals surface area contributed by atoms with Crippen molar-refractivity contribution in [2.24, 2.45) is 0 Å². The molecule has 0 atom stereocenters. The Morgan fingerprint density at radius 3 is 2.12 bits per heavy atom. The Morgan fingerprint density at radius 1 is 1.00 bits per heavy atom. The van der Waals surface area contributed by atoms with Gasteiger partial charge < -0.3 is 4.90 Å². The van der Waals surface area contributed by atoms with Crippen molar-refractivity contribution in [1.29, 1.82) is 0 Å². The molecule has 25 heavy (non-hydrogen) atoms. The van der Waals surface area contributed by atoms with Crippen LogP contribution in [-0.2, 0) is 16.6 Å². The Hall–Kier alpha value is -2.32. The molecule has 8 heteroatoms. The highest BCUT2D eigenvalue weighted by atomic mass is 32.2. The van der Waals surface area contributed by atoms with Crippen molar-refractivity contribution in [1.82, 2.24) is 9.21 Å². The predicted octanol–water partition coefficient (Wildman–Crippen LogP) is 2.49. The lowest BCUT2D eigenvalue weighted by Gasteiger charge is -2.18. The molecule has 0 aliphatic rings. The number of amides is 1. The fraction of sp³-hybridized carbons (Fsp3) is 0.235. The molecule has 0 fully saturated rings. The normalized spacial score (nSPS) is 11.6. The fourth-order valence-corrected chi connectivity index (χ4v) is 3.08. The van der Waals surface area contributed by atoms with Crippen LogP contribution in [0.5, 0.6) is 0 Å². The van der Waals surface area contributed by atoms with Gasteiger partial charge in [0.05, 0.1) is 4.90 Å². The highest BCUT2D eigenvalue weighted by Crippen LogP contribution is 2.17. The van der Waals surface area contributed by atoms with E-state index in [1.165, 1.54) is 56.4 Å². The van der Waals surface area contributed by atoms with Gasteiger partial charge >= 0.3 is 0 Å². The molecule has 0 saturated carbocycles. The first kappa shape index (κ1) is 19.0. The fourth-order valence-electron chi connectivity index (χ4n) is 2.18. The zero-order valence-corrected chi connectivity index (χ0v) is 14.8. The van der Waals surface area contributed by atoms with Crippen LogP contribution in [0.15, 0.2) is 47.4 Å². The molecule has 0 aliphatic carbocycles. The van der Waals surface area contributed by atoms with Crippen LogP contribution < -0.4 is 0 Å². The predicted molar refractivity (Wildman–Crippen MR) is 89.5 cm³/mol. The molecule has 0 heterocycles. The summed E-state index contributed by atoms with van der Waals surface area (Å²) in [5.74, 6) is -1.82. The Bertz CT molecular complexity index is 881. The van der Waals surface area contributed by atoms with Crippen LogP contribution in [-0.4, -0.2) is 44.7 Å². The second-order valence-electron chi connectivity index (χ2n) is 5.71. The SMILES string of the molecule is CN(Cc1ccc(F)cc1F)C(=O)c1ccc(S(=O)(=O)N(C)C)cc1. The van der Waals surface area contributed by atoms with Crippen LogP contribution in [0.3, 0.4) is 0 Å². The first-order valence-corrected chi connectivity index (χ1v) is 8.79. The number of benzene rings is 2. The summed E-state index contributed by atoms with van der Waals surface area (Å²) in [5, 5.41) is 0. The highest BCUT2D eigenvalue weighted by molar-refractivity contribution is 7.89. The van der Waals surface area contributed by atoms with Crippen molar-refractivity contribution in [3.8, 4) is 0 Å². The zero-order chi connectivity index (χ0) is 18.8. The van der Waals surface area contributed by atoms with E-state index in [0.717, 1.165) is 16.4 Å². The average Bonchev–Trinajstić information content (AvgIpc) is 2.56. The smallest absolute Gasteiger partial charge is 0.253 e. The molecule has 2 aromatic carbocycles. The van der Waals surface area contributed by atoms with Gasteiger partial charge in [0.2, 0.25) is 10.0 Å². The number of rotatable bonds is 5. The Morgan fingerprint density at radius 2 is 1.60 bits per heavy atom. The first-order chi connectivity index (χ1) is 11.6. The second-order valence-corrected chi connectivity index (χ2v) is 7.86. The monoisotopic (exact) mass is 368 g/mol. The number of hydrogen-bond donors (Lipinski definition) is 0. The van der Waals surface area contributed by atoms with E-state index in [4.69, 9.17) is 0 Å². The number of hydrogen-bond acceptors (Lipinski definition) is 3. The second kappa shape index (κ2) is 7.28. The summed E-state index contributed by atoms with van der Waals surface area (Å²) >= 11 is 0. The van der Waals surface area contributed by atoms with E-state index in [9.17, 15) is 22.0 Å². The summed E-state index contributed by atoms with van der Waals surface area (Å²) in [4.78, 5) is 13.7. The number of nitrogens with zero attached hydrogens (tertiary/aromatic N) is 2. The van der Waals surface area contributed by atoms with Gasteiger partial charge in [-0.15, -0.1) is 0 Å². The lowest BCUT2D eigenvalue weighted by molar-refractivity contribution is 0.0783. The maximum absolute atomic E-state index is 13.7. The molecule has 0 spiro atoms. The minimum absolute atomic E-state index is 0.0390. The molecular formula is C17H18F2N2O3S. The van der Waals surface area contributed by atoms with Gasteiger partial charge in [0, 0.05) is 44.9 Å². The van der Waals surface area contributed by atoms with E-state index in [-0.39, 0.29) is 22.6 Å². The molecule has 0 bridgehead atoms. The summed E-state index contributed by atoms with van der Waals surface area (Å²) in [6.07, 6.45) is 0. The molecular weight excluding hydrogens is 350 g/mol. The van der Waals surface area contributed by atoms with Crippen LogP contribution >= 0.6 is 0 Å². The quantitative estimate of drug-likeness (QED) is 0.815. The Labute approximate surface area is 145 Å². The van der Waals surface area contributed by atoms with E-state index in [0.29, 0.717) is 0 Å². The summed E-state index contributed by atoms with van der Waals surface area (Å²) in [5.41, 5.74) is 0.451. The summed E-state index contributed by atoms with van der Waals surface area (Å²) in [6, 6.07) is 8.64. The minimum Gasteiger partial charge on any atom is -0.337 e. The highest BCUT2D eigenvalue weighted by Gasteiger charge is 2.19. The van der Waals surface area contributed by atoms with Crippen LogP contribution in [0.1, 0.15) is 15.9 Å². The van der Waals surface area contributed by atoms with Crippen LogP contribution in [0, 0.1) is 11.6 Å². The Balaban J connectivity index is 2.17. The van der Waals surface area contributed by atoms with Gasteiger partial charge in [-0.25, -0.2) is 21.5 Å². The Kier molecular flexibility index (Phi) is 5.54. The molecule has 0 aromatic heterocycles. The van der Waals surface area contributed by atoms with Gasteiger partial charge in [0.25, 0.3) is 5.91 Å². The third-order valence-electron chi connectivity index (χ3n) is 3.65. The van der Waals surface area contributed by atoms with Crippen molar-refractivity contribution in [3.05, 3.63) is 65.2 Å². The first-order valence-electron chi connectivity index (χ1n) is 7.35. The maximum atomic E-state index is 13.7. The zero-order valence-electron chi connectivity index (χ0n) is 14.0. The molecule has 0 aliphatic heterocycles. The molecule has 0 unspecified atom stereocenters. The number of carbonyl (C=O) groups is 1. The van der Waals surface area contributed by atoms with Gasteiger partial charge in [-0.1, -0.05) is 6.07 Å². The standard InChI is InChI=1S/C17H18F2N2O3S/c1-20(2)25(23,24)15-8-5-12(6-9-15)17(22)21(3)11-13-4-7-14(18)10-16(13)19/h4-10H,11H2,1-3H3. The topological polar surface area (TPSA) is 57.7 Å². The van der Waals surface area contributed by atoms with Crippen LogP contribution in [0.25, 0.3) is 0 Å². The van der Waals surface area contributed by atoms with Crippen molar-refractivity contribution < 1.29 is 22.0 Å². The van der Waals surface area contributed by atoms with Gasteiger partial charge in [0.1, 0.15) is 11.6 Å². The summed E-state index contributed by atoms with van der Waals surface area (Å²) < 4.78 is 51.7. The summed E-state index contributed by atoms with van der Waals surface area (Å²) in [6.45, 7) is -0.0390. The van der Waals surface area contributed by atoms with Crippen LogP contribution in [0.2, 0.25) is 0 Å². The molecule has 5 nitrogen and oxygen atoms in total. The third kappa shape index (κ3) is 4.21. The van der Waals surface area contributed by atoms with E-state index < -0.39 is 27.6 Å². The van der Waals surface area contributed by atoms with Crippen molar-refractivity contribution >= 4 is 15.9 Å². The van der Waals surface area contributed by atoms with Gasteiger partial charge in [0.15, 0.2) is 0 Å². The lowest BCUT2D eigenvalue weighted by atomic mass is 10.1. The van der Waals surface area contributed by atoms with Crippen molar-refractivity contribution in [2.75, 3.05) is 21.1 Å². The number of sulfonamides is 1. The lowest BCUT2D eigenvalue weighted by Crippen LogP contribution is -2.27. The van der Waals surface area contributed by atoms with Crippen LogP contribution in [0.4, 0.5) is 8.78 Å². The molecule has 0 saturated heterocycles. The third-order valence-corrected chi connectivity index (χ3v) is 5.48. The van der Waals surface area contributed by atoms with Gasteiger partial charge in [-0.05, 0) is 30.3 Å². The van der Waals surface area contributed by atoms with Gasteiger partial charge in [-0.3, -0.25) is 4.79 Å².